The van der Waals surface area contributed by atoms with Gasteiger partial charge in [0.2, 0.25) is 0 Å². The molecule has 1 aliphatic heterocycles. The maximum atomic E-state index is 15.4. The molecule has 1 aromatic rings. The second-order valence-electron chi connectivity index (χ2n) is 19.1. The lowest BCUT2D eigenvalue weighted by Gasteiger charge is -2.67. The number of esters is 3. The summed E-state index contributed by atoms with van der Waals surface area (Å²) in [4.78, 5) is 82.7. The maximum absolute atomic E-state index is 15.4. The van der Waals surface area contributed by atoms with Gasteiger partial charge in [-0.2, -0.15) is 0 Å². The zero-order valence-electron chi connectivity index (χ0n) is 36.3. The van der Waals surface area contributed by atoms with E-state index in [1.807, 2.05) is 0 Å². The highest BCUT2D eigenvalue weighted by Gasteiger charge is 2.78. The van der Waals surface area contributed by atoms with Gasteiger partial charge in [0.15, 0.2) is 23.6 Å². The molecule has 3 aliphatic carbocycles. The minimum atomic E-state index is -2.42. The molecule has 11 atom stereocenters. The number of methoxy groups -OCH3 is 1. The molecule has 1 saturated heterocycles. The predicted octanol–water partition coefficient (Wildman–Crippen LogP) is 3.72. The number of Topliss-reactive ketones (excluding diaryl/α,β-unsaturated/α-hetero) is 1. The van der Waals surface area contributed by atoms with E-state index < -0.39 is 124 Å². The number of carbonyl (C=O) groups excluding carboxylic acids is 6. The van der Waals surface area contributed by atoms with E-state index in [4.69, 9.17) is 33.2 Å². The molecule has 332 valence electrons. The zero-order chi connectivity index (χ0) is 45.1. The van der Waals surface area contributed by atoms with Crippen LogP contribution in [0.2, 0.25) is 0 Å². The van der Waals surface area contributed by atoms with Crippen molar-refractivity contribution in [2.45, 2.75) is 148 Å². The first-order chi connectivity index (χ1) is 27.6. The molecule has 4 N–H and O–H groups in total. The average Bonchev–Trinajstić information content (AvgIpc) is 3.13. The van der Waals surface area contributed by atoms with Crippen LogP contribution >= 0.6 is 0 Å². The number of aliphatic hydroxyl groups excluding tert-OH is 2. The lowest BCUT2D eigenvalue weighted by molar-refractivity contribution is -0.344. The highest BCUT2D eigenvalue weighted by Crippen LogP contribution is 2.64. The van der Waals surface area contributed by atoms with Crippen LogP contribution in [0.1, 0.15) is 99.4 Å². The first-order valence-corrected chi connectivity index (χ1v) is 19.9. The lowest BCUT2D eigenvalue weighted by Crippen LogP contribution is -2.82. The normalized spacial score (nSPS) is 33.1. The van der Waals surface area contributed by atoms with Crippen molar-refractivity contribution in [1.82, 2.24) is 5.32 Å². The SMILES string of the molecule is COC(=O)O[C@@]12CO[C@@H]1C[C@H](O)[C@@]1(C)C(=O)[C@H](OC(C)=O)C3=C(C)[C@@H](OC(=O)[C@H](O)[C@@H](NC(=O)OC(C)(C)C)C(C)(C)C)C[C@@](O)([C@@H](OC(=O)c4ccccc4)C12)C3(C)C. The minimum Gasteiger partial charge on any atom is -0.456 e. The van der Waals surface area contributed by atoms with E-state index in [9.17, 15) is 39.3 Å². The number of carbonyl (C=O) groups is 6. The van der Waals surface area contributed by atoms with E-state index in [-0.39, 0.29) is 29.7 Å². The first kappa shape index (κ1) is 46.5. The van der Waals surface area contributed by atoms with Gasteiger partial charge >= 0.3 is 30.2 Å². The Labute approximate surface area is 349 Å². The molecule has 5 rings (SSSR count). The van der Waals surface area contributed by atoms with Gasteiger partial charge in [0.05, 0.1) is 42.8 Å². The van der Waals surface area contributed by atoms with Crippen LogP contribution < -0.4 is 5.32 Å². The van der Waals surface area contributed by atoms with Crippen LogP contribution in [-0.2, 0) is 47.5 Å². The van der Waals surface area contributed by atoms with E-state index in [0.717, 1.165) is 14.0 Å². The second-order valence-corrected chi connectivity index (χ2v) is 19.1. The van der Waals surface area contributed by atoms with Crippen LogP contribution in [0.15, 0.2) is 41.5 Å². The molecule has 2 saturated carbocycles. The lowest BCUT2D eigenvalue weighted by atomic mass is 9.44. The molecule has 17 heteroatoms. The number of alkyl carbamates (subject to hydrolysis) is 1. The Morgan fingerprint density at radius 3 is 2.10 bits per heavy atom. The molecule has 1 unspecified atom stereocenters. The predicted molar refractivity (Wildman–Crippen MR) is 209 cm³/mol. The van der Waals surface area contributed by atoms with Crippen molar-refractivity contribution in [3.63, 3.8) is 0 Å². The Morgan fingerprint density at radius 2 is 1.58 bits per heavy atom. The zero-order valence-corrected chi connectivity index (χ0v) is 36.3. The minimum absolute atomic E-state index is 0.0226. The molecular weight excluding hydrogens is 786 g/mol. The summed E-state index contributed by atoms with van der Waals surface area (Å²) in [6.07, 6.45) is -12.8. The van der Waals surface area contributed by atoms with Crippen molar-refractivity contribution in [3.8, 4) is 0 Å². The molecule has 0 spiro atoms. The van der Waals surface area contributed by atoms with E-state index in [0.29, 0.717) is 0 Å². The fraction of sp³-hybridized carbons (Fsp3) is 0.674. The van der Waals surface area contributed by atoms with Crippen LogP contribution in [0.5, 0.6) is 0 Å². The molecule has 1 aromatic carbocycles. The summed E-state index contributed by atoms with van der Waals surface area (Å²) < 4.78 is 40.3. The highest BCUT2D eigenvalue weighted by molar-refractivity contribution is 5.95. The number of benzene rings is 1. The Bertz CT molecular complexity index is 1910. The molecular formula is C43H59NO16. The number of rotatable bonds is 8. The molecule has 4 aliphatic rings. The number of fused-ring (bicyclic) bond motifs is 5. The van der Waals surface area contributed by atoms with Gasteiger partial charge in [-0.3, -0.25) is 9.59 Å². The molecule has 60 heavy (non-hydrogen) atoms. The maximum Gasteiger partial charge on any atom is 0.508 e. The monoisotopic (exact) mass is 845 g/mol. The van der Waals surface area contributed by atoms with Crippen molar-refractivity contribution in [1.29, 1.82) is 0 Å². The molecule has 17 nitrogen and oxygen atoms in total. The number of amides is 1. The molecule has 0 aromatic heterocycles. The van der Waals surface area contributed by atoms with Gasteiger partial charge in [-0.15, -0.1) is 0 Å². The molecule has 1 amide bonds. The van der Waals surface area contributed by atoms with Crippen LogP contribution in [0, 0.1) is 22.2 Å². The summed E-state index contributed by atoms with van der Waals surface area (Å²) in [5.41, 5.74) is -9.78. The molecule has 2 bridgehead atoms. The summed E-state index contributed by atoms with van der Waals surface area (Å²) in [5.74, 6) is -5.62. The van der Waals surface area contributed by atoms with Gasteiger partial charge < -0.3 is 53.8 Å². The number of ether oxygens (including phenoxy) is 7. The largest absolute Gasteiger partial charge is 0.508 e. The number of hydrogen-bond donors (Lipinski definition) is 4. The Hall–Kier alpha value is -4.58. The summed E-state index contributed by atoms with van der Waals surface area (Å²) in [7, 11) is 1.07. The van der Waals surface area contributed by atoms with Crippen LogP contribution in [0.4, 0.5) is 9.59 Å². The topological polar surface area (TPSA) is 240 Å². The third-order valence-electron chi connectivity index (χ3n) is 12.7. The van der Waals surface area contributed by atoms with Gasteiger partial charge in [0.25, 0.3) is 0 Å². The third kappa shape index (κ3) is 8.00. The first-order valence-electron chi connectivity index (χ1n) is 19.9. The Balaban J connectivity index is 1.74. The quantitative estimate of drug-likeness (QED) is 0.166. The van der Waals surface area contributed by atoms with Gasteiger partial charge in [-0.25, -0.2) is 19.2 Å². The number of hydrogen-bond acceptors (Lipinski definition) is 16. The second kappa shape index (κ2) is 16.0. The Kier molecular flexibility index (Phi) is 12.4. The average molecular weight is 846 g/mol. The van der Waals surface area contributed by atoms with Gasteiger partial charge in [0.1, 0.15) is 29.5 Å². The highest BCUT2D eigenvalue weighted by atomic mass is 16.8. The Morgan fingerprint density at radius 1 is 0.967 bits per heavy atom. The van der Waals surface area contributed by atoms with E-state index in [2.05, 4.69) is 5.32 Å². The summed E-state index contributed by atoms with van der Waals surface area (Å²) in [6, 6.07) is 6.50. The van der Waals surface area contributed by atoms with Gasteiger partial charge in [-0.05, 0) is 63.3 Å². The molecule has 0 radical (unpaired) electrons. The van der Waals surface area contributed by atoms with Crippen LogP contribution in [0.3, 0.4) is 0 Å². The summed E-state index contributed by atoms with van der Waals surface area (Å²) in [6.45, 7) is 16.6. The summed E-state index contributed by atoms with van der Waals surface area (Å²) >= 11 is 0. The fourth-order valence-corrected chi connectivity index (χ4v) is 9.50. The van der Waals surface area contributed by atoms with E-state index in [1.165, 1.54) is 39.8 Å². The molecule has 1 heterocycles. The van der Waals surface area contributed by atoms with Crippen molar-refractivity contribution in [2.24, 2.45) is 22.2 Å². The molecule has 3 fully saturated rings. The van der Waals surface area contributed by atoms with Crippen LogP contribution in [0.25, 0.3) is 0 Å². The van der Waals surface area contributed by atoms with Crippen molar-refractivity contribution in [3.05, 3.63) is 47.0 Å². The number of aliphatic hydroxyl groups is 3. The van der Waals surface area contributed by atoms with Crippen molar-refractivity contribution < 1.29 is 77.2 Å². The van der Waals surface area contributed by atoms with E-state index in [1.54, 1.807) is 59.7 Å². The standard InChI is InChI=1S/C43H59NO16/c1-21-24(57-35(50)28(47)31(38(3,4)5)44-36(51)59-39(6,7)8)19-43(53)33(58-34(49)23-16-14-13-15-17-23)30-41(11,32(48)29(56-22(2)45)27(21)40(43,9)10)25(46)18-26-42(30,20-55-26)60-37(52)54-12/h13-17,24-26,28-31,33,46-47,53H,18-20H2,1-12H3,(H,44,51)/t24-,25-,26+,28+,29+,30?,31+,33-,41+,42-,43+/m0/s1. The third-order valence-corrected chi connectivity index (χ3v) is 12.7. The van der Waals surface area contributed by atoms with Crippen molar-refractivity contribution in [2.75, 3.05) is 13.7 Å². The van der Waals surface area contributed by atoms with Crippen LogP contribution in [-0.4, -0.2) is 124 Å². The smallest absolute Gasteiger partial charge is 0.456 e. The van der Waals surface area contributed by atoms with Crippen molar-refractivity contribution >= 4 is 35.9 Å². The van der Waals surface area contributed by atoms with E-state index >= 15 is 4.79 Å². The van der Waals surface area contributed by atoms with Gasteiger partial charge in [-0.1, -0.05) is 52.8 Å². The van der Waals surface area contributed by atoms with Gasteiger partial charge in [0, 0.05) is 25.2 Å². The fourth-order valence-electron chi connectivity index (χ4n) is 9.50. The summed E-state index contributed by atoms with van der Waals surface area (Å²) in [5, 5.41) is 39.8. The number of nitrogens with one attached hydrogen (secondary N) is 1. The number of ketones is 1.